The van der Waals surface area contributed by atoms with E-state index in [1.54, 1.807) is 6.20 Å². The third-order valence-corrected chi connectivity index (χ3v) is 5.52. The van der Waals surface area contributed by atoms with Crippen molar-refractivity contribution in [1.82, 2.24) is 9.78 Å². The average molecular weight is 275 g/mol. The van der Waals surface area contributed by atoms with Gasteiger partial charge in [0.2, 0.25) is 0 Å². The van der Waals surface area contributed by atoms with Crippen molar-refractivity contribution in [2.45, 2.75) is 44.1 Å². The van der Waals surface area contributed by atoms with Gasteiger partial charge in [-0.2, -0.15) is 5.10 Å². The molecule has 1 heterocycles. The zero-order valence-corrected chi connectivity index (χ0v) is 11.6. The first-order chi connectivity index (χ1) is 9.63. The zero-order chi connectivity index (χ0) is 13.7. The predicted octanol–water partition coefficient (Wildman–Crippen LogP) is 2.30. The Morgan fingerprint density at radius 2 is 1.90 bits per heavy atom. The quantitative estimate of drug-likeness (QED) is 0.885. The summed E-state index contributed by atoms with van der Waals surface area (Å²) in [5.41, 5.74) is 1.04. The molecule has 1 aromatic rings. The lowest BCUT2D eigenvalue weighted by Crippen LogP contribution is -2.52. The van der Waals surface area contributed by atoms with Crippen molar-refractivity contribution in [3.8, 4) is 0 Å². The molecule has 4 saturated carbocycles. The molecule has 4 bridgehead atoms. The number of aromatic nitrogens is 2. The summed E-state index contributed by atoms with van der Waals surface area (Å²) < 4.78 is 2.14. The lowest BCUT2D eigenvalue weighted by Gasteiger charge is -2.56. The number of aliphatic carboxylic acids is 1. The zero-order valence-electron chi connectivity index (χ0n) is 11.6. The molecule has 0 atom stereocenters. The van der Waals surface area contributed by atoms with Crippen LogP contribution in [0.5, 0.6) is 0 Å². The summed E-state index contributed by atoms with van der Waals surface area (Å²) >= 11 is 0. The van der Waals surface area contributed by atoms with Gasteiger partial charge in [-0.1, -0.05) is 0 Å². The van der Waals surface area contributed by atoms with Crippen molar-refractivity contribution in [2.24, 2.45) is 17.8 Å². The standard InChI is InChI=1S/C15H21N3O2/c19-14(20)8-16-13-7-17-18(9-13)15-4-10-1-11(5-15)3-12(2-10)6-15/h7,9-12,16H,1-6,8H2,(H,19,20). The Morgan fingerprint density at radius 1 is 1.30 bits per heavy atom. The van der Waals surface area contributed by atoms with Crippen LogP contribution in [0, 0.1) is 17.8 Å². The molecule has 4 fully saturated rings. The molecule has 5 heteroatoms. The van der Waals surface area contributed by atoms with Crippen molar-refractivity contribution < 1.29 is 9.90 Å². The van der Waals surface area contributed by atoms with Crippen LogP contribution in [0.15, 0.2) is 12.4 Å². The maximum atomic E-state index is 10.6. The highest BCUT2D eigenvalue weighted by Crippen LogP contribution is 2.58. The highest BCUT2D eigenvalue weighted by Gasteiger charge is 2.52. The molecule has 1 aromatic heterocycles. The maximum absolute atomic E-state index is 10.6. The van der Waals surface area contributed by atoms with Gasteiger partial charge in [-0.05, 0) is 56.3 Å². The van der Waals surface area contributed by atoms with E-state index in [4.69, 9.17) is 5.11 Å². The van der Waals surface area contributed by atoms with Gasteiger partial charge in [-0.25, -0.2) is 0 Å². The highest BCUT2D eigenvalue weighted by atomic mass is 16.4. The van der Waals surface area contributed by atoms with Crippen molar-refractivity contribution in [3.63, 3.8) is 0 Å². The first kappa shape index (κ1) is 12.2. The molecular formula is C15H21N3O2. The number of anilines is 1. The molecular weight excluding hydrogens is 254 g/mol. The number of rotatable bonds is 4. The van der Waals surface area contributed by atoms with Crippen LogP contribution in [0.4, 0.5) is 5.69 Å². The lowest BCUT2D eigenvalue weighted by molar-refractivity contribution is -0.134. The van der Waals surface area contributed by atoms with Crippen molar-refractivity contribution in [2.75, 3.05) is 11.9 Å². The predicted molar refractivity (Wildman–Crippen MR) is 74.5 cm³/mol. The Balaban J connectivity index is 1.56. The second kappa shape index (κ2) is 4.24. The minimum absolute atomic E-state index is 0.0490. The van der Waals surface area contributed by atoms with Gasteiger partial charge in [-0.15, -0.1) is 0 Å². The Morgan fingerprint density at radius 3 is 2.45 bits per heavy atom. The van der Waals surface area contributed by atoms with Crippen molar-refractivity contribution in [1.29, 1.82) is 0 Å². The van der Waals surface area contributed by atoms with Crippen LogP contribution in [0.2, 0.25) is 0 Å². The second-order valence-electron chi connectivity index (χ2n) is 7.06. The fourth-order valence-corrected chi connectivity index (χ4v) is 5.20. The number of carboxylic acid groups (broad SMARTS) is 1. The summed E-state index contributed by atoms with van der Waals surface area (Å²) in [6.07, 6.45) is 11.8. The smallest absolute Gasteiger partial charge is 0.322 e. The van der Waals surface area contributed by atoms with Crippen molar-refractivity contribution >= 4 is 11.7 Å². The van der Waals surface area contributed by atoms with Crippen LogP contribution in [0.1, 0.15) is 38.5 Å². The van der Waals surface area contributed by atoms with Gasteiger partial charge < -0.3 is 10.4 Å². The molecule has 0 saturated heterocycles. The molecule has 20 heavy (non-hydrogen) atoms. The third kappa shape index (κ3) is 1.91. The number of carboxylic acids is 1. The van der Waals surface area contributed by atoms with E-state index < -0.39 is 5.97 Å². The van der Waals surface area contributed by atoms with Crippen LogP contribution in [0.3, 0.4) is 0 Å². The van der Waals surface area contributed by atoms with Gasteiger partial charge in [0.15, 0.2) is 0 Å². The summed E-state index contributed by atoms with van der Waals surface area (Å²) in [5.74, 6) is 1.83. The third-order valence-electron chi connectivity index (χ3n) is 5.52. The normalized spacial score (nSPS) is 38.1. The van der Waals surface area contributed by atoms with Crippen LogP contribution in [-0.4, -0.2) is 27.4 Å². The summed E-state index contributed by atoms with van der Waals surface area (Å²) in [5, 5.41) is 16.2. The first-order valence-corrected chi connectivity index (χ1v) is 7.64. The van der Waals surface area contributed by atoms with E-state index in [2.05, 4.69) is 15.1 Å². The van der Waals surface area contributed by atoms with Crippen LogP contribution in [-0.2, 0) is 10.3 Å². The maximum Gasteiger partial charge on any atom is 0.322 e. The summed E-state index contributed by atoms with van der Waals surface area (Å²) in [6, 6.07) is 0. The SMILES string of the molecule is O=C(O)CNc1cnn(C23CC4CC(CC(C4)C2)C3)c1. The fraction of sp³-hybridized carbons (Fsp3) is 0.733. The number of nitrogens with zero attached hydrogens (tertiary/aromatic N) is 2. The molecule has 4 aliphatic carbocycles. The van der Waals surface area contributed by atoms with Gasteiger partial charge in [0, 0.05) is 6.20 Å². The van der Waals surface area contributed by atoms with E-state index in [1.807, 2.05) is 6.20 Å². The summed E-state index contributed by atoms with van der Waals surface area (Å²) in [6.45, 7) is -0.0490. The highest BCUT2D eigenvalue weighted by molar-refractivity contribution is 5.72. The number of hydrogen-bond acceptors (Lipinski definition) is 3. The Bertz CT molecular complexity index is 502. The Labute approximate surface area is 118 Å². The van der Waals surface area contributed by atoms with Gasteiger partial charge in [0.1, 0.15) is 6.54 Å². The molecule has 0 spiro atoms. The average Bonchev–Trinajstić information content (AvgIpc) is 2.84. The molecule has 4 aliphatic rings. The van der Waals surface area contributed by atoms with Gasteiger partial charge in [0.05, 0.1) is 17.4 Å². The van der Waals surface area contributed by atoms with Gasteiger partial charge >= 0.3 is 5.97 Å². The molecule has 0 amide bonds. The molecule has 0 radical (unpaired) electrons. The van der Waals surface area contributed by atoms with Crippen LogP contribution >= 0.6 is 0 Å². The van der Waals surface area contributed by atoms with Crippen LogP contribution < -0.4 is 5.32 Å². The molecule has 5 rings (SSSR count). The number of hydrogen-bond donors (Lipinski definition) is 2. The molecule has 5 nitrogen and oxygen atoms in total. The summed E-state index contributed by atoms with van der Waals surface area (Å²) in [7, 11) is 0. The van der Waals surface area contributed by atoms with E-state index in [1.165, 1.54) is 38.5 Å². The Kier molecular flexibility index (Phi) is 2.59. The number of nitrogens with one attached hydrogen (secondary N) is 1. The second-order valence-corrected chi connectivity index (χ2v) is 7.06. The van der Waals surface area contributed by atoms with E-state index >= 15 is 0 Å². The van der Waals surface area contributed by atoms with Gasteiger partial charge in [0.25, 0.3) is 0 Å². The van der Waals surface area contributed by atoms with E-state index in [0.717, 1.165) is 23.4 Å². The monoisotopic (exact) mass is 275 g/mol. The van der Waals surface area contributed by atoms with E-state index in [-0.39, 0.29) is 12.1 Å². The van der Waals surface area contributed by atoms with E-state index in [0.29, 0.717) is 0 Å². The first-order valence-electron chi connectivity index (χ1n) is 7.64. The lowest BCUT2D eigenvalue weighted by atomic mass is 9.53. The van der Waals surface area contributed by atoms with Gasteiger partial charge in [-0.3, -0.25) is 9.48 Å². The minimum atomic E-state index is -0.840. The summed E-state index contributed by atoms with van der Waals surface area (Å²) in [4.78, 5) is 10.6. The van der Waals surface area contributed by atoms with Crippen molar-refractivity contribution in [3.05, 3.63) is 12.4 Å². The fourth-order valence-electron chi connectivity index (χ4n) is 5.20. The Hall–Kier alpha value is -1.52. The number of carbonyl (C=O) groups is 1. The topological polar surface area (TPSA) is 67.2 Å². The molecule has 2 N–H and O–H groups in total. The minimum Gasteiger partial charge on any atom is -0.480 e. The molecule has 0 aliphatic heterocycles. The molecule has 0 unspecified atom stereocenters. The molecule has 108 valence electrons. The van der Waals surface area contributed by atoms with E-state index in [9.17, 15) is 4.79 Å². The van der Waals surface area contributed by atoms with Crippen LogP contribution in [0.25, 0.3) is 0 Å². The largest absolute Gasteiger partial charge is 0.480 e. The molecule has 0 aromatic carbocycles.